The van der Waals surface area contributed by atoms with E-state index in [-0.39, 0.29) is 0 Å². The van der Waals surface area contributed by atoms with Gasteiger partial charge >= 0.3 is 0 Å². The van der Waals surface area contributed by atoms with Gasteiger partial charge in [0, 0.05) is 36.3 Å². The number of nitrogens with zero attached hydrogens (tertiary/aromatic N) is 2. The number of hydrogen-bond donors (Lipinski definition) is 1. The van der Waals surface area contributed by atoms with Crippen LogP contribution in [0, 0.1) is 0 Å². The van der Waals surface area contributed by atoms with Crippen LogP contribution >= 0.6 is 0 Å². The third-order valence-corrected chi connectivity index (χ3v) is 3.18. The van der Waals surface area contributed by atoms with Crippen LogP contribution in [-0.2, 0) is 13.0 Å². The molecule has 0 aliphatic carbocycles. The molecule has 1 aromatic carbocycles. The zero-order valence-corrected chi connectivity index (χ0v) is 9.40. The Bertz CT molecular complexity index is 548. The summed E-state index contributed by atoms with van der Waals surface area (Å²) < 4.78 is 0. The largest absolute Gasteiger partial charge is 0.399 e. The van der Waals surface area contributed by atoms with Crippen LogP contribution in [0.1, 0.15) is 11.3 Å². The lowest BCUT2D eigenvalue weighted by molar-refractivity contribution is 0.310. The lowest BCUT2D eigenvalue weighted by Crippen LogP contribution is -2.27. The first-order valence-electron chi connectivity index (χ1n) is 5.59. The Kier molecular flexibility index (Phi) is 2.07. The van der Waals surface area contributed by atoms with Crippen LogP contribution in [0.4, 0.5) is 5.69 Å². The summed E-state index contributed by atoms with van der Waals surface area (Å²) in [6.07, 6.45) is 1.04. The zero-order chi connectivity index (χ0) is 11.1. The van der Waals surface area contributed by atoms with Crippen molar-refractivity contribution < 1.29 is 0 Å². The van der Waals surface area contributed by atoms with E-state index in [4.69, 9.17) is 10.7 Å². The third-order valence-electron chi connectivity index (χ3n) is 3.18. The molecular weight excluding hydrogens is 198 g/mol. The number of nitrogen functional groups attached to an aromatic ring is 1. The van der Waals surface area contributed by atoms with Gasteiger partial charge in [0.2, 0.25) is 0 Å². The second-order valence-electron chi connectivity index (χ2n) is 4.53. The number of hydrogen-bond acceptors (Lipinski definition) is 3. The predicted octanol–water partition coefficient (Wildman–Crippen LogP) is 1.80. The summed E-state index contributed by atoms with van der Waals surface area (Å²) in [5.74, 6) is 0. The summed E-state index contributed by atoms with van der Waals surface area (Å²) in [6.45, 7) is 2.09. The van der Waals surface area contributed by atoms with E-state index in [0.29, 0.717) is 0 Å². The molecule has 82 valence electrons. The van der Waals surface area contributed by atoms with Crippen molar-refractivity contribution in [1.29, 1.82) is 0 Å². The van der Waals surface area contributed by atoms with Gasteiger partial charge in [0.05, 0.1) is 5.52 Å². The minimum absolute atomic E-state index is 0.785. The summed E-state index contributed by atoms with van der Waals surface area (Å²) in [4.78, 5) is 7.03. The van der Waals surface area contributed by atoms with E-state index in [1.165, 1.54) is 16.6 Å². The Morgan fingerprint density at radius 2 is 2.19 bits per heavy atom. The number of aromatic nitrogens is 1. The highest BCUT2D eigenvalue weighted by atomic mass is 15.1. The zero-order valence-electron chi connectivity index (χ0n) is 9.40. The van der Waals surface area contributed by atoms with Crippen molar-refractivity contribution in [2.75, 3.05) is 19.3 Å². The van der Waals surface area contributed by atoms with Gasteiger partial charge in [-0.25, -0.2) is 0 Å². The Balaban J connectivity index is 2.19. The molecule has 2 heterocycles. The monoisotopic (exact) mass is 213 g/mol. The molecule has 2 aromatic rings. The molecule has 0 fully saturated rings. The molecule has 0 saturated carbocycles. The van der Waals surface area contributed by atoms with Crippen molar-refractivity contribution in [3.8, 4) is 0 Å². The molecule has 3 rings (SSSR count). The van der Waals surface area contributed by atoms with Crippen molar-refractivity contribution in [3.05, 3.63) is 35.5 Å². The van der Waals surface area contributed by atoms with Crippen LogP contribution < -0.4 is 5.73 Å². The number of nitrogens with two attached hydrogens (primary N) is 1. The molecular formula is C13H15N3. The van der Waals surface area contributed by atoms with Crippen molar-refractivity contribution in [1.82, 2.24) is 9.88 Å². The normalized spacial score (nSPS) is 16.3. The first-order valence-corrected chi connectivity index (χ1v) is 5.59. The van der Waals surface area contributed by atoms with E-state index in [1.54, 1.807) is 0 Å². The van der Waals surface area contributed by atoms with Gasteiger partial charge < -0.3 is 10.6 Å². The van der Waals surface area contributed by atoms with Crippen molar-refractivity contribution in [2.24, 2.45) is 0 Å². The molecule has 3 nitrogen and oxygen atoms in total. The fourth-order valence-electron chi connectivity index (χ4n) is 2.29. The lowest BCUT2D eigenvalue weighted by atomic mass is 10.0. The second kappa shape index (κ2) is 3.46. The third kappa shape index (κ3) is 1.53. The molecule has 0 saturated heterocycles. The minimum atomic E-state index is 0.785. The van der Waals surface area contributed by atoms with E-state index in [9.17, 15) is 0 Å². The highest BCUT2D eigenvalue weighted by Crippen LogP contribution is 2.23. The second-order valence-corrected chi connectivity index (χ2v) is 4.53. The average Bonchev–Trinajstić information content (AvgIpc) is 2.26. The van der Waals surface area contributed by atoms with E-state index >= 15 is 0 Å². The van der Waals surface area contributed by atoms with Crippen molar-refractivity contribution in [3.63, 3.8) is 0 Å². The number of benzene rings is 1. The Labute approximate surface area is 94.9 Å². The van der Waals surface area contributed by atoms with Gasteiger partial charge in [-0.2, -0.15) is 0 Å². The van der Waals surface area contributed by atoms with E-state index in [1.807, 2.05) is 18.2 Å². The molecule has 0 unspecified atom stereocenters. The van der Waals surface area contributed by atoms with Crippen LogP contribution in [0.3, 0.4) is 0 Å². The quantitative estimate of drug-likeness (QED) is 0.679. The average molecular weight is 213 g/mol. The van der Waals surface area contributed by atoms with Crippen molar-refractivity contribution in [2.45, 2.75) is 13.0 Å². The van der Waals surface area contributed by atoms with Crippen LogP contribution in [0.2, 0.25) is 0 Å². The van der Waals surface area contributed by atoms with Crippen LogP contribution in [0.25, 0.3) is 10.9 Å². The summed E-state index contributed by atoms with van der Waals surface area (Å²) in [6, 6.07) is 8.18. The van der Waals surface area contributed by atoms with Crippen LogP contribution in [0.15, 0.2) is 24.3 Å². The fourth-order valence-corrected chi connectivity index (χ4v) is 2.29. The highest BCUT2D eigenvalue weighted by molar-refractivity contribution is 5.82. The summed E-state index contributed by atoms with van der Waals surface area (Å²) in [5.41, 5.74) is 10.2. The molecule has 0 atom stereocenters. The molecule has 0 spiro atoms. The maximum absolute atomic E-state index is 5.77. The summed E-state index contributed by atoms with van der Waals surface area (Å²) in [7, 11) is 2.15. The van der Waals surface area contributed by atoms with E-state index in [0.717, 1.165) is 30.7 Å². The van der Waals surface area contributed by atoms with Gasteiger partial charge in [0.1, 0.15) is 0 Å². The summed E-state index contributed by atoms with van der Waals surface area (Å²) >= 11 is 0. The molecule has 2 N–H and O–H groups in total. The molecule has 1 aromatic heterocycles. The van der Waals surface area contributed by atoms with Crippen LogP contribution in [0.5, 0.6) is 0 Å². The molecule has 16 heavy (non-hydrogen) atoms. The van der Waals surface area contributed by atoms with Crippen molar-refractivity contribution >= 4 is 16.6 Å². The molecule has 3 heteroatoms. The van der Waals surface area contributed by atoms with Gasteiger partial charge in [0.15, 0.2) is 0 Å². The molecule has 0 bridgehead atoms. The van der Waals surface area contributed by atoms with Gasteiger partial charge in [-0.1, -0.05) is 6.07 Å². The number of pyridine rings is 1. The van der Waals surface area contributed by atoms with Crippen LogP contribution in [-0.4, -0.2) is 23.5 Å². The molecule has 1 aliphatic heterocycles. The lowest BCUT2D eigenvalue weighted by Gasteiger charge is -2.24. The fraction of sp³-hybridized carbons (Fsp3) is 0.308. The Hall–Kier alpha value is -1.61. The SMILES string of the molecule is CN1CCc2nc3cc(N)ccc3cc2C1. The minimum Gasteiger partial charge on any atom is -0.399 e. The van der Waals surface area contributed by atoms with Gasteiger partial charge in [-0.3, -0.25) is 4.98 Å². The first-order chi connectivity index (χ1) is 7.72. The Morgan fingerprint density at radius 1 is 1.31 bits per heavy atom. The molecule has 1 aliphatic rings. The Morgan fingerprint density at radius 3 is 3.06 bits per heavy atom. The molecule has 0 amide bonds. The summed E-state index contributed by atoms with van der Waals surface area (Å²) in [5, 5.41) is 1.18. The first kappa shape index (κ1) is 9.60. The predicted molar refractivity (Wildman–Crippen MR) is 66.2 cm³/mol. The van der Waals surface area contributed by atoms with E-state index in [2.05, 4.69) is 18.0 Å². The molecule has 0 radical (unpaired) electrons. The maximum Gasteiger partial charge on any atom is 0.0726 e. The smallest absolute Gasteiger partial charge is 0.0726 e. The van der Waals surface area contributed by atoms with Gasteiger partial charge in [-0.05, 0) is 30.8 Å². The van der Waals surface area contributed by atoms with Gasteiger partial charge in [0.25, 0.3) is 0 Å². The number of rotatable bonds is 0. The maximum atomic E-state index is 5.77. The number of likely N-dealkylation sites (N-methyl/N-ethyl adjacent to an activating group) is 1. The highest BCUT2D eigenvalue weighted by Gasteiger charge is 2.14. The number of anilines is 1. The standard InChI is InChI=1S/C13H15N3/c1-16-5-4-12-10(8-16)6-9-2-3-11(14)7-13(9)15-12/h2-3,6-7H,4-5,8,14H2,1H3. The van der Waals surface area contributed by atoms with E-state index < -0.39 is 0 Å². The topological polar surface area (TPSA) is 42.2 Å². The van der Waals surface area contributed by atoms with Gasteiger partial charge in [-0.15, -0.1) is 0 Å². The number of fused-ring (bicyclic) bond motifs is 2.